The van der Waals surface area contributed by atoms with E-state index in [1.165, 1.54) is 5.56 Å². The van der Waals surface area contributed by atoms with Gasteiger partial charge in [-0.2, -0.15) is 0 Å². The third-order valence-electron chi connectivity index (χ3n) is 2.82. The molecule has 0 aromatic heterocycles. The SMILES string of the molecule is C=CCN(c1ccc(C)cc1CO)C(C)(C)C. The van der Waals surface area contributed by atoms with Crippen LogP contribution in [0, 0.1) is 6.92 Å². The van der Waals surface area contributed by atoms with Gasteiger partial charge in [-0.15, -0.1) is 6.58 Å². The van der Waals surface area contributed by atoms with Crippen molar-refractivity contribution in [2.24, 2.45) is 0 Å². The van der Waals surface area contributed by atoms with Gasteiger partial charge >= 0.3 is 0 Å². The largest absolute Gasteiger partial charge is 0.392 e. The van der Waals surface area contributed by atoms with Crippen molar-refractivity contribution in [3.8, 4) is 0 Å². The fourth-order valence-corrected chi connectivity index (χ4v) is 1.97. The molecule has 1 rings (SSSR count). The summed E-state index contributed by atoms with van der Waals surface area (Å²) in [4.78, 5) is 2.25. The molecule has 0 aliphatic heterocycles. The van der Waals surface area contributed by atoms with Crippen molar-refractivity contribution < 1.29 is 5.11 Å². The molecule has 0 amide bonds. The van der Waals surface area contributed by atoms with Gasteiger partial charge in [0, 0.05) is 23.3 Å². The van der Waals surface area contributed by atoms with Crippen LogP contribution in [0.3, 0.4) is 0 Å². The second-order valence-corrected chi connectivity index (χ2v) is 5.36. The Balaban J connectivity index is 3.22. The standard InChI is InChI=1S/C15H23NO/c1-6-9-16(15(3,4)5)14-8-7-12(2)10-13(14)11-17/h6-8,10,17H,1,9,11H2,2-5H3. The first-order valence-electron chi connectivity index (χ1n) is 5.99. The molecular formula is C15H23NO. The van der Waals surface area contributed by atoms with E-state index in [9.17, 15) is 5.11 Å². The molecule has 1 aromatic carbocycles. The Morgan fingerprint density at radius 1 is 1.35 bits per heavy atom. The second kappa shape index (κ2) is 5.37. The number of hydrogen-bond acceptors (Lipinski definition) is 2. The van der Waals surface area contributed by atoms with Crippen LogP contribution in [0.15, 0.2) is 30.9 Å². The zero-order chi connectivity index (χ0) is 13.1. The topological polar surface area (TPSA) is 23.5 Å². The van der Waals surface area contributed by atoms with Gasteiger partial charge in [0.05, 0.1) is 6.61 Å². The second-order valence-electron chi connectivity index (χ2n) is 5.36. The number of aryl methyl sites for hydroxylation is 1. The van der Waals surface area contributed by atoms with E-state index in [-0.39, 0.29) is 12.1 Å². The molecule has 0 saturated heterocycles. The molecule has 0 aliphatic rings. The third-order valence-corrected chi connectivity index (χ3v) is 2.82. The molecule has 0 spiro atoms. The Bertz CT molecular complexity index is 390. The van der Waals surface area contributed by atoms with Crippen LogP contribution < -0.4 is 4.90 Å². The predicted molar refractivity (Wildman–Crippen MR) is 74.4 cm³/mol. The van der Waals surface area contributed by atoms with Crippen LogP contribution in [0.25, 0.3) is 0 Å². The van der Waals surface area contributed by atoms with E-state index >= 15 is 0 Å². The third kappa shape index (κ3) is 3.34. The Morgan fingerprint density at radius 3 is 2.47 bits per heavy atom. The maximum absolute atomic E-state index is 9.47. The molecule has 94 valence electrons. The molecule has 0 bridgehead atoms. The average molecular weight is 233 g/mol. The minimum atomic E-state index is 0.00731. The van der Waals surface area contributed by atoms with Crippen LogP contribution in [-0.4, -0.2) is 17.2 Å². The average Bonchev–Trinajstić information content (AvgIpc) is 2.25. The number of hydrogen-bond donors (Lipinski definition) is 1. The van der Waals surface area contributed by atoms with Crippen LogP contribution in [0.1, 0.15) is 31.9 Å². The van der Waals surface area contributed by atoms with Gasteiger partial charge in [-0.25, -0.2) is 0 Å². The Labute approximate surface area is 105 Å². The summed E-state index contributed by atoms with van der Waals surface area (Å²) in [6.07, 6.45) is 1.90. The van der Waals surface area contributed by atoms with Crippen molar-refractivity contribution >= 4 is 5.69 Å². The maximum Gasteiger partial charge on any atom is 0.0702 e. The van der Waals surface area contributed by atoms with Crippen LogP contribution >= 0.6 is 0 Å². The van der Waals surface area contributed by atoms with E-state index in [2.05, 4.69) is 44.4 Å². The Morgan fingerprint density at radius 2 is 2.00 bits per heavy atom. The molecule has 0 fully saturated rings. The molecule has 17 heavy (non-hydrogen) atoms. The fourth-order valence-electron chi connectivity index (χ4n) is 1.97. The molecule has 0 aliphatic carbocycles. The van der Waals surface area contributed by atoms with Crippen LogP contribution in [0.5, 0.6) is 0 Å². The van der Waals surface area contributed by atoms with E-state index in [1.54, 1.807) is 0 Å². The van der Waals surface area contributed by atoms with Gasteiger partial charge in [-0.1, -0.05) is 23.8 Å². The highest BCUT2D eigenvalue weighted by atomic mass is 16.3. The molecular weight excluding hydrogens is 210 g/mol. The lowest BCUT2D eigenvalue weighted by atomic mass is 10.0. The summed E-state index contributed by atoms with van der Waals surface area (Å²) in [6, 6.07) is 6.20. The monoisotopic (exact) mass is 233 g/mol. The number of rotatable bonds is 4. The minimum absolute atomic E-state index is 0.00731. The molecule has 1 aromatic rings. The molecule has 2 nitrogen and oxygen atoms in total. The van der Waals surface area contributed by atoms with Gasteiger partial charge in [0.1, 0.15) is 0 Å². The summed E-state index contributed by atoms with van der Waals surface area (Å²) in [5, 5.41) is 9.47. The first-order valence-corrected chi connectivity index (χ1v) is 5.99. The quantitative estimate of drug-likeness (QED) is 0.807. The summed E-state index contributed by atoms with van der Waals surface area (Å²) in [6.45, 7) is 13.2. The van der Waals surface area contributed by atoms with Gasteiger partial charge in [0.15, 0.2) is 0 Å². The minimum Gasteiger partial charge on any atom is -0.392 e. The highest BCUT2D eigenvalue weighted by Gasteiger charge is 2.22. The number of aliphatic hydroxyl groups excluding tert-OH is 1. The summed E-state index contributed by atoms with van der Waals surface area (Å²) in [5.74, 6) is 0. The van der Waals surface area contributed by atoms with Crippen LogP contribution in [0.4, 0.5) is 5.69 Å². The van der Waals surface area contributed by atoms with Crippen LogP contribution in [0.2, 0.25) is 0 Å². The summed E-state index contributed by atoms with van der Waals surface area (Å²) in [7, 11) is 0. The van der Waals surface area contributed by atoms with E-state index in [0.717, 1.165) is 17.8 Å². The van der Waals surface area contributed by atoms with Gasteiger partial charge in [-0.3, -0.25) is 0 Å². The molecule has 0 heterocycles. The van der Waals surface area contributed by atoms with E-state index < -0.39 is 0 Å². The molecule has 0 radical (unpaired) electrons. The molecule has 0 saturated carbocycles. The van der Waals surface area contributed by atoms with Crippen LogP contribution in [-0.2, 0) is 6.61 Å². The zero-order valence-electron chi connectivity index (χ0n) is 11.3. The zero-order valence-corrected chi connectivity index (χ0v) is 11.3. The first kappa shape index (κ1) is 13.8. The lowest BCUT2D eigenvalue weighted by Gasteiger charge is -2.38. The maximum atomic E-state index is 9.47. The summed E-state index contributed by atoms with van der Waals surface area (Å²) < 4.78 is 0. The van der Waals surface area contributed by atoms with Gasteiger partial charge in [0.25, 0.3) is 0 Å². The normalized spacial score (nSPS) is 11.4. The lowest BCUT2D eigenvalue weighted by Crippen LogP contribution is -2.42. The van der Waals surface area contributed by atoms with E-state index in [0.29, 0.717) is 0 Å². The van der Waals surface area contributed by atoms with Crippen molar-refractivity contribution in [2.75, 3.05) is 11.4 Å². The molecule has 2 heteroatoms. The van der Waals surface area contributed by atoms with Gasteiger partial charge < -0.3 is 10.0 Å². The van der Waals surface area contributed by atoms with Gasteiger partial charge in [-0.05, 0) is 33.8 Å². The Kier molecular flexibility index (Phi) is 4.35. The number of nitrogens with zero attached hydrogens (tertiary/aromatic N) is 1. The van der Waals surface area contributed by atoms with Crippen molar-refractivity contribution in [3.63, 3.8) is 0 Å². The van der Waals surface area contributed by atoms with Crippen molar-refractivity contribution in [2.45, 2.75) is 39.8 Å². The Hall–Kier alpha value is -1.28. The summed E-state index contributed by atoms with van der Waals surface area (Å²) >= 11 is 0. The van der Waals surface area contributed by atoms with Crippen molar-refractivity contribution in [3.05, 3.63) is 42.0 Å². The highest BCUT2D eigenvalue weighted by molar-refractivity contribution is 5.56. The van der Waals surface area contributed by atoms with E-state index in [4.69, 9.17) is 0 Å². The summed E-state index contributed by atoms with van der Waals surface area (Å²) in [5.41, 5.74) is 3.24. The fraction of sp³-hybridized carbons (Fsp3) is 0.467. The van der Waals surface area contributed by atoms with Gasteiger partial charge in [0.2, 0.25) is 0 Å². The van der Waals surface area contributed by atoms with Crippen molar-refractivity contribution in [1.82, 2.24) is 0 Å². The molecule has 0 unspecified atom stereocenters. The molecule has 0 atom stereocenters. The van der Waals surface area contributed by atoms with E-state index in [1.807, 2.05) is 19.1 Å². The number of aliphatic hydroxyl groups is 1. The first-order chi connectivity index (χ1) is 7.90. The molecule has 1 N–H and O–H groups in total. The predicted octanol–water partition coefficient (Wildman–Crippen LogP) is 3.28. The van der Waals surface area contributed by atoms with Crippen molar-refractivity contribution in [1.29, 1.82) is 0 Å². The lowest BCUT2D eigenvalue weighted by molar-refractivity contribution is 0.281. The number of anilines is 1. The smallest absolute Gasteiger partial charge is 0.0702 e. The number of benzene rings is 1. The highest BCUT2D eigenvalue weighted by Crippen LogP contribution is 2.28.